The van der Waals surface area contributed by atoms with E-state index in [0.29, 0.717) is 24.3 Å². The molecule has 0 spiro atoms. The van der Waals surface area contributed by atoms with Gasteiger partial charge in [0.15, 0.2) is 5.78 Å². The van der Waals surface area contributed by atoms with Crippen LogP contribution in [0.2, 0.25) is 0 Å². The smallest absolute Gasteiger partial charge is 0.222 e. The van der Waals surface area contributed by atoms with Gasteiger partial charge in [-0.1, -0.05) is 43.5 Å². The normalized spacial score (nSPS) is 17.0. The van der Waals surface area contributed by atoms with Crippen molar-refractivity contribution in [2.75, 3.05) is 13.1 Å². The highest BCUT2D eigenvalue weighted by atomic mass is 32.1. The molecule has 1 aliphatic heterocycles. The Morgan fingerprint density at radius 1 is 0.939 bits per heavy atom. The summed E-state index contributed by atoms with van der Waals surface area (Å²) in [6.07, 6.45) is 9.41. The van der Waals surface area contributed by atoms with Crippen molar-refractivity contribution in [3.63, 3.8) is 0 Å². The van der Waals surface area contributed by atoms with Gasteiger partial charge in [-0.2, -0.15) is 0 Å². The molecular weight excluding hydrogens is 430 g/mol. The number of hydrogen-bond donors (Lipinski definition) is 1. The highest BCUT2D eigenvalue weighted by Gasteiger charge is 2.27. The Balaban J connectivity index is 1.38. The van der Waals surface area contributed by atoms with E-state index in [-0.39, 0.29) is 17.4 Å². The lowest BCUT2D eigenvalue weighted by Crippen LogP contribution is -2.27. The highest BCUT2D eigenvalue weighted by molar-refractivity contribution is 7.19. The molecule has 1 aliphatic carbocycles. The fraction of sp³-hybridized carbons (Fsp3) is 0.429. The molecule has 33 heavy (non-hydrogen) atoms. The van der Waals surface area contributed by atoms with Crippen molar-refractivity contribution in [3.8, 4) is 5.75 Å². The molecule has 0 unspecified atom stereocenters. The van der Waals surface area contributed by atoms with Crippen LogP contribution in [-0.2, 0) is 11.2 Å². The van der Waals surface area contributed by atoms with Crippen molar-refractivity contribution in [1.82, 2.24) is 4.90 Å². The lowest BCUT2D eigenvalue weighted by molar-refractivity contribution is -0.130. The molecule has 1 aromatic heterocycles. The number of fused-ring (bicyclic) bond motifs is 1. The number of carbonyl (C=O) groups is 2. The fourth-order valence-corrected chi connectivity index (χ4v) is 6.74. The standard InChI is InChI=1S/C28H31NO3S/c30-22-13-14-23-24(18-22)33-28(21-6-2-1-3-7-21)26(23)27(32)20-11-8-19(9-12-20)10-15-25(31)29-16-4-5-17-29/h8-9,11-14,18,21,30H,1-7,10,15-17H2. The minimum Gasteiger partial charge on any atom is -0.508 e. The van der Waals surface area contributed by atoms with Crippen molar-refractivity contribution in [1.29, 1.82) is 0 Å². The zero-order valence-corrected chi connectivity index (χ0v) is 19.8. The molecular formula is C28H31NO3S. The molecule has 5 heteroatoms. The maximum atomic E-state index is 13.7. The van der Waals surface area contributed by atoms with Crippen LogP contribution >= 0.6 is 11.3 Å². The molecule has 1 amide bonds. The van der Waals surface area contributed by atoms with Gasteiger partial charge in [0.2, 0.25) is 5.91 Å². The number of ketones is 1. The third-order valence-corrected chi connectivity index (χ3v) is 8.52. The summed E-state index contributed by atoms with van der Waals surface area (Å²) in [5.41, 5.74) is 2.60. The summed E-state index contributed by atoms with van der Waals surface area (Å²) < 4.78 is 0.982. The summed E-state index contributed by atoms with van der Waals surface area (Å²) in [6, 6.07) is 13.1. The van der Waals surface area contributed by atoms with E-state index in [9.17, 15) is 14.7 Å². The minimum absolute atomic E-state index is 0.0622. The molecule has 1 saturated carbocycles. The quantitative estimate of drug-likeness (QED) is 0.430. The number of hydrogen-bond acceptors (Lipinski definition) is 4. The highest BCUT2D eigenvalue weighted by Crippen LogP contribution is 2.43. The Bertz CT molecular complexity index is 1150. The number of aromatic hydroxyl groups is 1. The monoisotopic (exact) mass is 461 g/mol. The summed E-state index contributed by atoms with van der Waals surface area (Å²) in [6.45, 7) is 1.78. The summed E-state index contributed by atoms with van der Waals surface area (Å²) >= 11 is 1.67. The molecule has 4 nitrogen and oxygen atoms in total. The van der Waals surface area contributed by atoms with Crippen LogP contribution in [0.5, 0.6) is 5.75 Å². The molecule has 2 aliphatic rings. The van der Waals surface area contributed by atoms with Gasteiger partial charge >= 0.3 is 0 Å². The van der Waals surface area contributed by atoms with Crippen LogP contribution in [0.4, 0.5) is 0 Å². The van der Waals surface area contributed by atoms with Gasteiger partial charge in [-0.15, -0.1) is 11.3 Å². The van der Waals surface area contributed by atoms with Crippen molar-refractivity contribution >= 4 is 33.1 Å². The van der Waals surface area contributed by atoms with E-state index in [1.807, 2.05) is 35.2 Å². The third-order valence-electron chi connectivity index (χ3n) is 7.21. The predicted octanol–water partition coefficient (Wildman–Crippen LogP) is 6.44. The van der Waals surface area contributed by atoms with Crippen LogP contribution in [0, 0.1) is 0 Å². The van der Waals surface area contributed by atoms with Crippen LogP contribution < -0.4 is 0 Å². The van der Waals surface area contributed by atoms with E-state index >= 15 is 0 Å². The van der Waals surface area contributed by atoms with Gasteiger partial charge < -0.3 is 10.0 Å². The van der Waals surface area contributed by atoms with E-state index in [0.717, 1.165) is 60.0 Å². The van der Waals surface area contributed by atoms with Gasteiger partial charge in [0.25, 0.3) is 0 Å². The van der Waals surface area contributed by atoms with Gasteiger partial charge in [-0.05, 0) is 61.8 Å². The number of amides is 1. The lowest BCUT2D eigenvalue weighted by atomic mass is 9.85. The number of benzene rings is 2. The number of phenols is 1. The second-order valence-corrected chi connectivity index (χ2v) is 10.6. The van der Waals surface area contributed by atoms with Crippen LogP contribution in [0.3, 0.4) is 0 Å². The van der Waals surface area contributed by atoms with Gasteiger partial charge in [0.1, 0.15) is 5.75 Å². The van der Waals surface area contributed by atoms with E-state index in [1.165, 1.54) is 24.1 Å². The van der Waals surface area contributed by atoms with Crippen LogP contribution in [0.15, 0.2) is 42.5 Å². The first-order valence-electron chi connectivity index (χ1n) is 12.3. The first-order chi connectivity index (χ1) is 16.1. The summed E-state index contributed by atoms with van der Waals surface area (Å²) in [7, 11) is 0. The van der Waals surface area contributed by atoms with Gasteiger partial charge in [0, 0.05) is 45.6 Å². The second kappa shape index (κ2) is 9.68. The third kappa shape index (κ3) is 4.70. The topological polar surface area (TPSA) is 57.6 Å². The van der Waals surface area contributed by atoms with E-state index in [2.05, 4.69) is 0 Å². The van der Waals surface area contributed by atoms with Gasteiger partial charge in [-0.25, -0.2) is 0 Å². The number of nitrogens with zero attached hydrogens (tertiary/aromatic N) is 1. The van der Waals surface area contributed by atoms with E-state index in [1.54, 1.807) is 23.5 Å². The average Bonchev–Trinajstić information content (AvgIpc) is 3.51. The molecule has 5 rings (SSSR count). The summed E-state index contributed by atoms with van der Waals surface area (Å²) in [5, 5.41) is 10.9. The molecule has 1 N–H and O–H groups in total. The maximum absolute atomic E-state index is 13.7. The van der Waals surface area contributed by atoms with Crippen molar-refractivity contribution in [2.24, 2.45) is 0 Å². The van der Waals surface area contributed by atoms with Crippen LogP contribution in [-0.4, -0.2) is 34.8 Å². The zero-order valence-electron chi connectivity index (χ0n) is 19.0. The summed E-state index contributed by atoms with van der Waals surface area (Å²) in [5.74, 6) is 0.962. The fourth-order valence-electron chi connectivity index (χ4n) is 5.33. The molecule has 2 aromatic carbocycles. The van der Waals surface area contributed by atoms with E-state index < -0.39 is 0 Å². The molecule has 0 bridgehead atoms. The predicted molar refractivity (Wildman–Crippen MR) is 133 cm³/mol. The Morgan fingerprint density at radius 3 is 2.39 bits per heavy atom. The number of rotatable bonds is 6. The Morgan fingerprint density at radius 2 is 1.67 bits per heavy atom. The van der Waals surface area contributed by atoms with Crippen molar-refractivity contribution in [3.05, 3.63) is 64.0 Å². The molecule has 3 aromatic rings. The average molecular weight is 462 g/mol. The Hall–Kier alpha value is -2.66. The van der Waals surface area contributed by atoms with Crippen LogP contribution in [0.1, 0.15) is 83.6 Å². The number of likely N-dealkylation sites (tertiary alicyclic amines) is 1. The lowest BCUT2D eigenvalue weighted by Gasteiger charge is -2.21. The Labute approximate surface area is 199 Å². The first-order valence-corrected chi connectivity index (χ1v) is 13.1. The molecule has 0 radical (unpaired) electrons. The minimum atomic E-state index is 0.0622. The number of thiophene rings is 1. The number of aryl methyl sites for hydroxylation is 1. The molecule has 2 fully saturated rings. The van der Waals surface area contributed by atoms with Gasteiger partial charge in [-0.3, -0.25) is 9.59 Å². The molecule has 1 saturated heterocycles. The van der Waals surface area contributed by atoms with Crippen molar-refractivity contribution in [2.45, 2.75) is 63.7 Å². The number of phenolic OH excluding ortho intramolecular Hbond substituents is 1. The largest absolute Gasteiger partial charge is 0.508 e. The SMILES string of the molecule is O=C(c1ccc(CCC(=O)N2CCCC2)cc1)c1c(C2CCCCC2)sc2cc(O)ccc12. The zero-order chi connectivity index (χ0) is 22.8. The van der Waals surface area contributed by atoms with Crippen LogP contribution in [0.25, 0.3) is 10.1 Å². The second-order valence-electron chi connectivity index (χ2n) is 9.47. The molecule has 0 atom stereocenters. The van der Waals surface area contributed by atoms with Crippen molar-refractivity contribution < 1.29 is 14.7 Å². The summed E-state index contributed by atoms with van der Waals surface area (Å²) in [4.78, 5) is 29.2. The molecule has 172 valence electrons. The Kier molecular flexibility index (Phi) is 6.50. The maximum Gasteiger partial charge on any atom is 0.222 e. The van der Waals surface area contributed by atoms with E-state index in [4.69, 9.17) is 0 Å². The first kappa shape index (κ1) is 22.1. The molecule has 2 heterocycles. The number of carbonyl (C=O) groups excluding carboxylic acids is 2. The van der Waals surface area contributed by atoms with Gasteiger partial charge in [0.05, 0.1) is 0 Å².